The number of benzene rings is 2. The van der Waals surface area contributed by atoms with Crippen LogP contribution in [0.1, 0.15) is 54.9 Å². The zero-order chi connectivity index (χ0) is 21.6. The fourth-order valence-corrected chi connectivity index (χ4v) is 4.02. The second-order valence-electron chi connectivity index (χ2n) is 7.84. The Labute approximate surface area is 182 Å². The highest BCUT2D eigenvalue weighted by molar-refractivity contribution is 6.31. The Morgan fingerprint density at radius 1 is 1.17 bits per heavy atom. The van der Waals surface area contributed by atoms with Crippen molar-refractivity contribution >= 4 is 17.5 Å². The quantitative estimate of drug-likeness (QED) is 0.459. The van der Waals surface area contributed by atoms with Gasteiger partial charge < -0.3 is 9.64 Å². The van der Waals surface area contributed by atoms with E-state index in [2.05, 4.69) is 13.0 Å². The highest BCUT2D eigenvalue weighted by Crippen LogP contribution is 2.32. The average molecular weight is 436 g/mol. The number of amides is 1. The third kappa shape index (κ3) is 5.72. The molecule has 6 heteroatoms. The molecular weight excluding hydrogens is 408 g/mol. The van der Waals surface area contributed by atoms with Crippen LogP contribution in [0.2, 0.25) is 5.02 Å². The van der Waals surface area contributed by atoms with Crippen molar-refractivity contribution in [2.24, 2.45) is 0 Å². The number of hydrogen-bond donors (Lipinski definition) is 0. The molecule has 2 aromatic carbocycles. The fourth-order valence-electron chi connectivity index (χ4n) is 3.84. The van der Waals surface area contributed by atoms with Crippen molar-refractivity contribution in [1.29, 1.82) is 0 Å². The van der Waals surface area contributed by atoms with Crippen molar-refractivity contribution in [3.63, 3.8) is 0 Å². The molecule has 0 aromatic heterocycles. The molecule has 3 rings (SSSR count). The van der Waals surface area contributed by atoms with Crippen molar-refractivity contribution in [2.75, 3.05) is 19.7 Å². The predicted octanol–water partition coefficient (Wildman–Crippen LogP) is 6.24. The Hall–Kier alpha value is -2.14. The number of aryl methyl sites for hydroxylation is 1. The van der Waals surface area contributed by atoms with Crippen molar-refractivity contribution < 1.29 is 18.3 Å². The van der Waals surface area contributed by atoms with Crippen LogP contribution in [0.4, 0.5) is 8.78 Å². The van der Waals surface area contributed by atoms with Gasteiger partial charge in [-0.1, -0.05) is 36.7 Å². The second-order valence-corrected chi connectivity index (χ2v) is 8.25. The van der Waals surface area contributed by atoms with Crippen molar-refractivity contribution in [3.05, 3.63) is 64.4 Å². The Balaban J connectivity index is 1.41. The summed E-state index contributed by atoms with van der Waals surface area (Å²) in [5.74, 6) is 0.112. The molecule has 0 aliphatic carbocycles. The van der Waals surface area contributed by atoms with Crippen LogP contribution in [0.25, 0.3) is 0 Å². The summed E-state index contributed by atoms with van der Waals surface area (Å²) in [5.41, 5.74) is 0.259. The summed E-state index contributed by atoms with van der Waals surface area (Å²) in [5, 5.41) is -0.0820. The standard InChI is InChI=1S/C24H28ClF2NO2/c1-2-18-7-3-4-8-22(18)30-16-6-5-11-24(27)12-14-28(15-13-24)23(29)19-9-10-21(26)20(25)17-19/h3-4,7-10,17H,2,5-6,11-16H2,1H3. The minimum absolute atomic E-state index is 0.0820. The third-order valence-electron chi connectivity index (χ3n) is 5.74. The van der Waals surface area contributed by atoms with Gasteiger partial charge in [0, 0.05) is 18.7 Å². The Bertz CT molecular complexity index is 866. The van der Waals surface area contributed by atoms with E-state index in [0.717, 1.165) is 25.0 Å². The number of carbonyl (C=O) groups excluding carboxylic acids is 1. The summed E-state index contributed by atoms with van der Waals surface area (Å²) in [6.07, 6.45) is 3.55. The molecule has 162 valence electrons. The molecule has 0 spiro atoms. The number of likely N-dealkylation sites (tertiary alicyclic amines) is 1. The van der Waals surface area contributed by atoms with Crippen LogP contribution in [0.5, 0.6) is 5.75 Å². The lowest BCUT2D eigenvalue weighted by Crippen LogP contribution is -2.44. The summed E-state index contributed by atoms with van der Waals surface area (Å²) in [6, 6.07) is 11.9. The number of para-hydroxylation sites is 1. The lowest BCUT2D eigenvalue weighted by molar-refractivity contribution is 0.0382. The number of ether oxygens (including phenoxy) is 1. The van der Waals surface area contributed by atoms with Crippen LogP contribution in [0, 0.1) is 5.82 Å². The summed E-state index contributed by atoms with van der Waals surface area (Å²) >= 11 is 5.77. The Kier molecular flexibility index (Phi) is 7.70. The average Bonchev–Trinajstić information content (AvgIpc) is 2.76. The van der Waals surface area contributed by atoms with Gasteiger partial charge in [0.2, 0.25) is 0 Å². The van der Waals surface area contributed by atoms with Gasteiger partial charge in [0.1, 0.15) is 17.2 Å². The molecule has 0 N–H and O–H groups in total. The normalized spacial score (nSPS) is 15.8. The van der Waals surface area contributed by atoms with E-state index in [4.69, 9.17) is 16.3 Å². The zero-order valence-corrected chi connectivity index (χ0v) is 18.1. The Morgan fingerprint density at radius 3 is 2.60 bits per heavy atom. The van der Waals surface area contributed by atoms with Crippen molar-refractivity contribution in [3.8, 4) is 5.75 Å². The van der Waals surface area contributed by atoms with Crippen LogP contribution in [-0.4, -0.2) is 36.2 Å². The molecule has 1 aliphatic heterocycles. The number of carbonyl (C=O) groups is 1. The van der Waals surface area contributed by atoms with Gasteiger partial charge in [-0.15, -0.1) is 0 Å². The maximum absolute atomic E-state index is 15.1. The summed E-state index contributed by atoms with van der Waals surface area (Å²) < 4.78 is 34.3. The highest BCUT2D eigenvalue weighted by Gasteiger charge is 2.35. The first-order valence-corrected chi connectivity index (χ1v) is 10.9. The van der Waals surface area contributed by atoms with Crippen molar-refractivity contribution in [1.82, 2.24) is 4.90 Å². The molecule has 3 nitrogen and oxygen atoms in total. The van der Waals surface area contributed by atoms with E-state index in [0.29, 0.717) is 44.5 Å². The maximum Gasteiger partial charge on any atom is 0.253 e. The molecule has 0 atom stereocenters. The van der Waals surface area contributed by atoms with Crippen LogP contribution in [0.15, 0.2) is 42.5 Å². The number of hydrogen-bond acceptors (Lipinski definition) is 2. The van der Waals surface area contributed by atoms with Crippen LogP contribution < -0.4 is 4.74 Å². The molecule has 0 unspecified atom stereocenters. The van der Waals surface area contributed by atoms with Crippen LogP contribution in [-0.2, 0) is 6.42 Å². The van der Waals surface area contributed by atoms with E-state index in [9.17, 15) is 9.18 Å². The molecule has 0 bridgehead atoms. The number of halogens is 3. The topological polar surface area (TPSA) is 29.5 Å². The summed E-state index contributed by atoms with van der Waals surface area (Å²) in [4.78, 5) is 14.2. The monoisotopic (exact) mass is 435 g/mol. The van der Waals surface area contributed by atoms with Gasteiger partial charge in [0.25, 0.3) is 5.91 Å². The van der Waals surface area contributed by atoms with E-state index in [1.807, 2.05) is 18.2 Å². The van der Waals surface area contributed by atoms with Crippen molar-refractivity contribution in [2.45, 2.75) is 51.1 Å². The molecule has 1 heterocycles. The maximum atomic E-state index is 15.1. The highest BCUT2D eigenvalue weighted by atomic mass is 35.5. The third-order valence-corrected chi connectivity index (χ3v) is 6.03. The largest absolute Gasteiger partial charge is 0.493 e. The molecule has 1 saturated heterocycles. The lowest BCUT2D eigenvalue weighted by atomic mass is 9.88. The second kappa shape index (κ2) is 10.3. The molecule has 0 saturated carbocycles. The molecular formula is C24H28ClF2NO2. The van der Waals surface area contributed by atoms with Gasteiger partial charge in [-0.05, 0) is 68.4 Å². The predicted molar refractivity (Wildman–Crippen MR) is 116 cm³/mol. The van der Waals surface area contributed by atoms with Gasteiger partial charge in [0.15, 0.2) is 0 Å². The van der Waals surface area contributed by atoms with E-state index >= 15 is 4.39 Å². The summed E-state index contributed by atoms with van der Waals surface area (Å²) in [6.45, 7) is 3.37. The molecule has 1 aliphatic rings. The summed E-state index contributed by atoms with van der Waals surface area (Å²) in [7, 11) is 0. The van der Waals surface area contributed by atoms with E-state index in [1.165, 1.54) is 23.8 Å². The number of unbranched alkanes of at least 4 members (excludes halogenated alkanes) is 1. The van der Waals surface area contributed by atoms with Gasteiger partial charge in [-0.25, -0.2) is 8.78 Å². The Morgan fingerprint density at radius 2 is 1.90 bits per heavy atom. The van der Waals surface area contributed by atoms with Gasteiger partial charge in [0.05, 0.1) is 11.6 Å². The van der Waals surface area contributed by atoms with Gasteiger partial charge in [-0.3, -0.25) is 4.79 Å². The minimum Gasteiger partial charge on any atom is -0.493 e. The zero-order valence-electron chi connectivity index (χ0n) is 17.3. The molecule has 0 radical (unpaired) electrons. The minimum atomic E-state index is -1.25. The SMILES string of the molecule is CCc1ccccc1OCCCCC1(F)CCN(C(=O)c2ccc(F)c(Cl)c2)CC1. The van der Waals surface area contributed by atoms with Crippen LogP contribution in [0.3, 0.4) is 0 Å². The van der Waals surface area contributed by atoms with E-state index < -0.39 is 11.5 Å². The fraction of sp³-hybridized carbons (Fsp3) is 0.458. The molecule has 30 heavy (non-hydrogen) atoms. The molecule has 1 amide bonds. The first kappa shape index (κ1) is 22.5. The first-order valence-electron chi connectivity index (χ1n) is 10.6. The lowest BCUT2D eigenvalue weighted by Gasteiger charge is -2.36. The van der Waals surface area contributed by atoms with E-state index in [-0.39, 0.29) is 10.9 Å². The van der Waals surface area contributed by atoms with Gasteiger partial charge >= 0.3 is 0 Å². The number of nitrogens with zero attached hydrogens (tertiary/aromatic N) is 1. The van der Waals surface area contributed by atoms with Gasteiger partial charge in [-0.2, -0.15) is 0 Å². The molecule has 1 fully saturated rings. The number of rotatable bonds is 8. The van der Waals surface area contributed by atoms with Crippen LogP contribution >= 0.6 is 11.6 Å². The number of piperidine rings is 1. The smallest absolute Gasteiger partial charge is 0.253 e. The first-order chi connectivity index (χ1) is 14.4. The van der Waals surface area contributed by atoms with E-state index in [1.54, 1.807) is 4.90 Å². The number of alkyl halides is 1. The molecule has 2 aromatic rings.